The zero-order valence-corrected chi connectivity index (χ0v) is 11.8. The molecule has 10 heteroatoms. The largest absolute Gasteiger partial charge is 0.416 e. The Morgan fingerprint density at radius 1 is 1.43 bits per heavy atom. The number of halogens is 3. The average molecular weight is 328 g/mol. The smallest absolute Gasteiger partial charge is 0.358 e. The maximum absolute atomic E-state index is 12.6. The number of hydrogen-bond acceptors (Lipinski definition) is 4. The number of rotatable bonds is 4. The van der Waals surface area contributed by atoms with Gasteiger partial charge in [0.15, 0.2) is 0 Å². The number of carbonyl (C=O) groups excluding carboxylic acids is 1. The van der Waals surface area contributed by atoms with E-state index in [1.165, 1.54) is 23.6 Å². The van der Waals surface area contributed by atoms with Gasteiger partial charge < -0.3 is 15.4 Å². The van der Waals surface area contributed by atoms with Gasteiger partial charge in [0.05, 0.1) is 5.56 Å². The highest BCUT2D eigenvalue weighted by atomic mass is 19.4. The highest BCUT2D eigenvalue weighted by molar-refractivity contribution is 5.90. The minimum atomic E-state index is -4.51. The lowest BCUT2D eigenvalue weighted by Gasteiger charge is -2.10. The molecule has 1 amide bonds. The SMILES string of the molecule is Cc1nc([N+](=O)[O-])cn1CC(=O)Nc1cccc(C(F)(F)F)c1. The summed E-state index contributed by atoms with van der Waals surface area (Å²) in [6, 6.07) is 4.18. The first-order valence-electron chi connectivity index (χ1n) is 6.32. The number of carbonyl (C=O) groups is 1. The van der Waals surface area contributed by atoms with Crippen LogP contribution in [0.3, 0.4) is 0 Å². The van der Waals surface area contributed by atoms with Crippen molar-refractivity contribution in [3.63, 3.8) is 0 Å². The molecule has 23 heavy (non-hydrogen) atoms. The summed E-state index contributed by atoms with van der Waals surface area (Å²) in [6.07, 6.45) is -3.43. The van der Waals surface area contributed by atoms with E-state index >= 15 is 0 Å². The molecule has 0 saturated heterocycles. The fourth-order valence-corrected chi connectivity index (χ4v) is 1.87. The second kappa shape index (κ2) is 6.07. The van der Waals surface area contributed by atoms with Crippen LogP contribution >= 0.6 is 0 Å². The molecule has 1 heterocycles. The predicted octanol–water partition coefficient (Wildman–Crippen LogP) is 2.76. The van der Waals surface area contributed by atoms with Crippen molar-refractivity contribution in [2.24, 2.45) is 0 Å². The Balaban J connectivity index is 2.10. The van der Waals surface area contributed by atoms with Crippen LogP contribution < -0.4 is 5.32 Å². The van der Waals surface area contributed by atoms with Crippen LogP contribution in [0.1, 0.15) is 11.4 Å². The Bertz CT molecular complexity index is 755. The molecule has 1 N–H and O–H groups in total. The minimum Gasteiger partial charge on any atom is -0.358 e. The summed E-state index contributed by atoms with van der Waals surface area (Å²) in [5, 5.41) is 12.9. The Hall–Kier alpha value is -2.91. The summed E-state index contributed by atoms with van der Waals surface area (Å²) in [7, 11) is 0. The molecule has 2 aromatic rings. The molecule has 1 aromatic carbocycles. The highest BCUT2D eigenvalue weighted by Crippen LogP contribution is 2.30. The first-order valence-corrected chi connectivity index (χ1v) is 6.32. The molecule has 0 unspecified atom stereocenters. The quantitative estimate of drug-likeness (QED) is 0.690. The molecule has 0 radical (unpaired) electrons. The van der Waals surface area contributed by atoms with Gasteiger partial charge in [-0.15, -0.1) is 0 Å². The van der Waals surface area contributed by atoms with E-state index in [0.717, 1.165) is 18.3 Å². The molecule has 2 rings (SSSR count). The highest BCUT2D eigenvalue weighted by Gasteiger charge is 2.30. The van der Waals surface area contributed by atoms with Crippen molar-refractivity contribution >= 4 is 17.4 Å². The van der Waals surface area contributed by atoms with Crippen molar-refractivity contribution in [3.8, 4) is 0 Å². The summed E-state index contributed by atoms with van der Waals surface area (Å²) < 4.78 is 39.0. The van der Waals surface area contributed by atoms with Crippen LogP contribution in [0, 0.1) is 17.0 Å². The fraction of sp³-hybridized carbons (Fsp3) is 0.231. The van der Waals surface area contributed by atoms with Gasteiger partial charge in [-0.1, -0.05) is 6.07 Å². The zero-order chi connectivity index (χ0) is 17.2. The topological polar surface area (TPSA) is 90.1 Å². The number of amides is 1. The van der Waals surface area contributed by atoms with Crippen LogP contribution in [0.25, 0.3) is 0 Å². The number of nitrogens with one attached hydrogen (secondary N) is 1. The minimum absolute atomic E-state index is 0.0166. The average Bonchev–Trinajstić information content (AvgIpc) is 2.79. The lowest BCUT2D eigenvalue weighted by atomic mass is 10.2. The van der Waals surface area contributed by atoms with Crippen LogP contribution in [0.4, 0.5) is 24.7 Å². The van der Waals surface area contributed by atoms with Gasteiger partial charge in [0, 0.05) is 12.6 Å². The summed E-state index contributed by atoms with van der Waals surface area (Å²) in [4.78, 5) is 25.4. The Morgan fingerprint density at radius 3 is 2.70 bits per heavy atom. The van der Waals surface area contributed by atoms with Crippen LogP contribution in [0.5, 0.6) is 0 Å². The molecule has 0 atom stereocenters. The van der Waals surface area contributed by atoms with Gasteiger partial charge in [-0.25, -0.2) is 0 Å². The summed E-state index contributed by atoms with van der Waals surface area (Å²) in [5.41, 5.74) is -0.901. The third kappa shape index (κ3) is 4.05. The van der Waals surface area contributed by atoms with Gasteiger partial charge in [-0.05, 0) is 28.1 Å². The van der Waals surface area contributed by atoms with E-state index in [1.54, 1.807) is 0 Å². The number of imidazole rings is 1. The summed E-state index contributed by atoms with van der Waals surface area (Å²) in [6.45, 7) is 1.17. The van der Waals surface area contributed by atoms with E-state index in [2.05, 4.69) is 10.3 Å². The van der Waals surface area contributed by atoms with Crippen LogP contribution in [0.15, 0.2) is 30.5 Å². The van der Waals surface area contributed by atoms with Crippen molar-refractivity contribution in [1.29, 1.82) is 0 Å². The molecular weight excluding hydrogens is 317 g/mol. The fourth-order valence-electron chi connectivity index (χ4n) is 1.87. The predicted molar refractivity (Wildman–Crippen MR) is 73.7 cm³/mol. The van der Waals surface area contributed by atoms with E-state index in [4.69, 9.17) is 0 Å². The Morgan fingerprint density at radius 2 is 2.13 bits per heavy atom. The van der Waals surface area contributed by atoms with Gasteiger partial charge in [-0.2, -0.15) is 13.2 Å². The lowest BCUT2D eigenvalue weighted by Crippen LogP contribution is -2.19. The molecule has 1 aromatic heterocycles. The third-order valence-electron chi connectivity index (χ3n) is 2.94. The van der Waals surface area contributed by atoms with E-state index < -0.39 is 28.4 Å². The lowest BCUT2D eigenvalue weighted by molar-refractivity contribution is -0.389. The third-order valence-corrected chi connectivity index (χ3v) is 2.94. The van der Waals surface area contributed by atoms with Crippen molar-refractivity contribution in [2.75, 3.05) is 5.32 Å². The molecule has 0 fully saturated rings. The first kappa shape index (κ1) is 16.5. The molecule has 0 aliphatic rings. The number of nitro groups is 1. The molecule has 7 nitrogen and oxygen atoms in total. The van der Waals surface area contributed by atoms with Crippen LogP contribution in [-0.4, -0.2) is 20.4 Å². The number of hydrogen-bond donors (Lipinski definition) is 1. The van der Waals surface area contributed by atoms with Crippen molar-refractivity contribution in [1.82, 2.24) is 9.55 Å². The molecule has 0 bridgehead atoms. The monoisotopic (exact) mass is 328 g/mol. The standard InChI is InChI=1S/C13H11F3N4O3/c1-8-17-11(20(22)23)6-19(8)7-12(21)18-10-4-2-3-9(5-10)13(14,15)16/h2-6H,7H2,1H3,(H,18,21). The Labute approximate surface area is 127 Å². The van der Waals surface area contributed by atoms with Gasteiger partial charge in [0.25, 0.3) is 0 Å². The molecule has 122 valence electrons. The van der Waals surface area contributed by atoms with Gasteiger partial charge in [0.2, 0.25) is 11.7 Å². The summed E-state index contributed by atoms with van der Waals surface area (Å²) >= 11 is 0. The van der Waals surface area contributed by atoms with Gasteiger partial charge in [0.1, 0.15) is 12.7 Å². The van der Waals surface area contributed by atoms with Crippen LogP contribution in [0.2, 0.25) is 0 Å². The number of aromatic nitrogens is 2. The van der Waals surface area contributed by atoms with Crippen LogP contribution in [-0.2, 0) is 17.5 Å². The number of anilines is 1. The van der Waals surface area contributed by atoms with Crippen molar-refractivity contribution < 1.29 is 22.9 Å². The second-order valence-electron chi connectivity index (χ2n) is 4.66. The number of aryl methyl sites for hydroxylation is 1. The summed E-state index contributed by atoms with van der Waals surface area (Å²) in [5.74, 6) is -0.787. The second-order valence-corrected chi connectivity index (χ2v) is 4.66. The molecule has 0 saturated carbocycles. The van der Waals surface area contributed by atoms with E-state index in [0.29, 0.717) is 0 Å². The van der Waals surface area contributed by atoms with E-state index in [9.17, 15) is 28.1 Å². The zero-order valence-electron chi connectivity index (χ0n) is 11.8. The maximum atomic E-state index is 12.6. The Kier molecular flexibility index (Phi) is 4.34. The number of nitrogens with zero attached hydrogens (tertiary/aromatic N) is 3. The maximum Gasteiger partial charge on any atom is 0.416 e. The number of benzene rings is 1. The first-order chi connectivity index (χ1) is 10.7. The van der Waals surface area contributed by atoms with Crippen molar-refractivity contribution in [2.45, 2.75) is 19.6 Å². The molecular formula is C13H11F3N4O3. The normalized spacial score (nSPS) is 11.3. The van der Waals surface area contributed by atoms with Crippen molar-refractivity contribution in [3.05, 3.63) is 52.0 Å². The van der Waals surface area contributed by atoms with Gasteiger partial charge in [-0.3, -0.25) is 9.36 Å². The van der Waals surface area contributed by atoms with E-state index in [-0.39, 0.29) is 18.1 Å². The van der Waals surface area contributed by atoms with E-state index in [1.807, 2.05) is 0 Å². The molecule has 0 spiro atoms. The molecule has 0 aliphatic heterocycles. The number of alkyl halides is 3. The van der Waals surface area contributed by atoms with Gasteiger partial charge >= 0.3 is 12.0 Å². The molecule has 0 aliphatic carbocycles.